The molecule has 0 radical (unpaired) electrons. The summed E-state index contributed by atoms with van der Waals surface area (Å²) >= 11 is 6.97. The van der Waals surface area contributed by atoms with Gasteiger partial charge in [0.15, 0.2) is 0 Å². The molecule has 1 fully saturated rings. The molecule has 0 spiro atoms. The third-order valence-corrected chi connectivity index (χ3v) is 4.27. The van der Waals surface area contributed by atoms with Crippen molar-refractivity contribution >= 4 is 37.7 Å². The van der Waals surface area contributed by atoms with Gasteiger partial charge in [-0.2, -0.15) is 0 Å². The van der Waals surface area contributed by atoms with Gasteiger partial charge >= 0.3 is 0 Å². The van der Waals surface area contributed by atoms with E-state index < -0.39 is 0 Å². The van der Waals surface area contributed by atoms with Crippen molar-refractivity contribution in [3.05, 3.63) is 50.8 Å². The number of hydrogen-bond donors (Lipinski definition) is 1. The zero-order valence-corrected chi connectivity index (χ0v) is 14.3. The molecule has 0 amide bonds. The molecule has 2 aromatic rings. The zero-order chi connectivity index (χ0) is 14.1. The Bertz CT molecular complexity index is 626. The highest BCUT2D eigenvalue weighted by Gasteiger charge is 2.27. The molecule has 20 heavy (non-hydrogen) atoms. The lowest BCUT2D eigenvalue weighted by Crippen LogP contribution is -2.09. The second-order valence-electron chi connectivity index (χ2n) is 5.13. The van der Waals surface area contributed by atoms with Crippen molar-refractivity contribution in [3.8, 4) is 0 Å². The summed E-state index contributed by atoms with van der Waals surface area (Å²) in [6, 6.07) is 10.4. The van der Waals surface area contributed by atoms with Crippen molar-refractivity contribution in [3.63, 3.8) is 0 Å². The molecule has 1 atom stereocenters. The monoisotopic (exact) mass is 395 g/mol. The van der Waals surface area contributed by atoms with E-state index in [0.717, 1.165) is 20.7 Å². The van der Waals surface area contributed by atoms with E-state index in [2.05, 4.69) is 66.2 Å². The Hall–Kier alpha value is -0.940. The molecule has 3 rings (SSSR count). The van der Waals surface area contributed by atoms with Gasteiger partial charge < -0.3 is 5.32 Å². The smallest absolute Gasteiger partial charge is 0.135 e. The molecule has 1 unspecified atom stereocenters. The number of anilines is 1. The average molecular weight is 397 g/mol. The largest absolute Gasteiger partial charge is 0.363 e. The highest BCUT2D eigenvalue weighted by atomic mass is 79.9. The summed E-state index contributed by atoms with van der Waals surface area (Å²) in [5.41, 5.74) is 1.22. The van der Waals surface area contributed by atoms with Gasteiger partial charge in [-0.25, -0.2) is 9.97 Å². The Morgan fingerprint density at radius 2 is 2.00 bits per heavy atom. The van der Waals surface area contributed by atoms with Crippen LogP contribution in [0.4, 0.5) is 5.82 Å². The first-order valence-corrected chi connectivity index (χ1v) is 8.27. The van der Waals surface area contributed by atoms with Crippen LogP contribution in [0.5, 0.6) is 0 Å². The number of nitrogens with zero attached hydrogens (tertiary/aromatic N) is 2. The summed E-state index contributed by atoms with van der Waals surface area (Å²) in [5, 5.41) is 3.45. The number of aromatic nitrogens is 2. The fraction of sp³-hybridized carbons (Fsp3) is 0.333. The van der Waals surface area contributed by atoms with E-state index >= 15 is 0 Å². The predicted molar refractivity (Wildman–Crippen MR) is 87.9 cm³/mol. The third-order valence-electron chi connectivity index (χ3n) is 3.37. The van der Waals surface area contributed by atoms with Crippen molar-refractivity contribution in [1.82, 2.24) is 9.97 Å². The minimum absolute atomic E-state index is 0.196. The number of rotatable bonds is 4. The first-order valence-electron chi connectivity index (χ1n) is 6.68. The summed E-state index contributed by atoms with van der Waals surface area (Å²) in [7, 11) is 0. The molecule has 1 aliphatic rings. The quantitative estimate of drug-likeness (QED) is 0.734. The van der Waals surface area contributed by atoms with Gasteiger partial charge in [0.2, 0.25) is 0 Å². The summed E-state index contributed by atoms with van der Waals surface area (Å²) in [6.07, 6.45) is 2.41. The highest BCUT2D eigenvalue weighted by molar-refractivity contribution is 9.10. The van der Waals surface area contributed by atoms with E-state index in [-0.39, 0.29) is 6.04 Å². The Kier molecular flexibility index (Phi) is 4.08. The molecule has 1 heterocycles. The van der Waals surface area contributed by atoms with Gasteiger partial charge in [0.1, 0.15) is 16.2 Å². The van der Waals surface area contributed by atoms with Gasteiger partial charge in [-0.3, -0.25) is 0 Å². The average Bonchev–Trinajstić information content (AvgIpc) is 3.22. The van der Waals surface area contributed by atoms with Gasteiger partial charge in [-0.15, -0.1) is 0 Å². The van der Waals surface area contributed by atoms with Crippen LogP contribution < -0.4 is 5.32 Å². The van der Waals surface area contributed by atoms with E-state index in [0.29, 0.717) is 5.92 Å². The van der Waals surface area contributed by atoms with Crippen molar-refractivity contribution in [2.45, 2.75) is 31.7 Å². The lowest BCUT2D eigenvalue weighted by atomic mass is 10.1. The van der Waals surface area contributed by atoms with Crippen LogP contribution in [0.3, 0.4) is 0 Å². The first-order chi connectivity index (χ1) is 9.61. The third kappa shape index (κ3) is 3.38. The molecule has 0 aliphatic heterocycles. The maximum absolute atomic E-state index is 4.62. The second-order valence-corrected chi connectivity index (χ2v) is 6.86. The minimum Gasteiger partial charge on any atom is -0.363 e. The van der Waals surface area contributed by atoms with Gasteiger partial charge in [0.05, 0.1) is 0 Å². The highest BCUT2D eigenvalue weighted by Crippen LogP contribution is 2.39. The molecule has 1 aromatic heterocycles. The fourth-order valence-electron chi connectivity index (χ4n) is 2.11. The standard InChI is InChI=1S/C15H15Br2N3/c1-9(11-3-2-4-12(16)7-11)18-14-8-13(17)19-15(20-14)10-5-6-10/h2-4,7-10H,5-6H2,1H3,(H,18,19,20). The molecular formula is C15H15Br2N3. The van der Waals surface area contributed by atoms with Crippen LogP contribution in [-0.4, -0.2) is 9.97 Å². The van der Waals surface area contributed by atoms with Gasteiger partial charge in [0.25, 0.3) is 0 Å². The van der Waals surface area contributed by atoms with Crippen LogP contribution in [0.1, 0.15) is 43.1 Å². The number of halogens is 2. The van der Waals surface area contributed by atoms with Crippen molar-refractivity contribution < 1.29 is 0 Å². The Morgan fingerprint density at radius 3 is 2.70 bits per heavy atom. The van der Waals surface area contributed by atoms with Crippen LogP contribution in [0, 0.1) is 0 Å². The van der Waals surface area contributed by atoms with Crippen LogP contribution in [-0.2, 0) is 0 Å². The second kappa shape index (κ2) is 5.82. The van der Waals surface area contributed by atoms with Crippen LogP contribution in [0.2, 0.25) is 0 Å². The minimum atomic E-state index is 0.196. The zero-order valence-electron chi connectivity index (χ0n) is 11.1. The molecule has 0 bridgehead atoms. The van der Waals surface area contributed by atoms with E-state index in [9.17, 15) is 0 Å². The molecule has 5 heteroatoms. The van der Waals surface area contributed by atoms with E-state index in [1.807, 2.05) is 18.2 Å². The van der Waals surface area contributed by atoms with Crippen LogP contribution in [0.15, 0.2) is 39.4 Å². The molecule has 1 aliphatic carbocycles. The van der Waals surface area contributed by atoms with Crippen molar-refractivity contribution in [1.29, 1.82) is 0 Å². The maximum atomic E-state index is 4.62. The summed E-state index contributed by atoms with van der Waals surface area (Å²) in [6.45, 7) is 2.13. The molecule has 0 saturated heterocycles. The lowest BCUT2D eigenvalue weighted by Gasteiger charge is -2.16. The number of benzene rings is 1. The van der Waals surface area contributed by atoms with Crippen molar-refractivity contribution in [2.24, 2.45) is 0 Å². The SMILES string of the molecule is CC(Nc1cc(Br)nc(C2CC2)n1)c1cccc(Br)c1. The normalized spacial score (nSPS) is 15.9. The maximum Gasteiger partial charge on any atom is 0.135 e. The lowest BCUT2D eigenvalue weighted by molar-refractivity contribution is 0.850. The van der Waals surface area contributed by atoms with Gasteiger partial charge in [0, 0.05) is 22.5 Å². The van der Waals surface area contributed by atoms with Crippen LogP contribution >= 0.6 is 31.9 Å². The van der Waals surface area contributed by atoms with Crippen LogP contribution in [0.25, 0.3) is 0 Å². The molecule has 1 N–H and O–H groups in total. The predicted octanol–water partition coefficient (Wildman–Crippen LogP) is 5.05. The molecule has 3 nitrogen and oxygen atoms in total. The topological polar surface area (TPSA) is 37.8 Å². The molecule has 1 aromatic carbocycles. The van der Waals surface area contributed by atoms with E-state index in [4.69, 9.17) is 0 Å². The number of nitrogens with one attached hydrogen (secondary N) is 1. The molecule has 1 saturated carbocycles. The van der Waals surface area contributed by atoms with Gasteiger partial charge in [-0.05, 0) is 53.4 Å². The Balaban J connectivity index is 1.80. The number of hydrogen-bond acceptors (Lipinski definition) is 3. The fourth-order valence-corrected chi connectivity index (χ4v) is 2.93. The van der Waals surface area contributed by atoms with E-state index in [1.54, 1.807) is 0 Å². The summed E-state index contributed by atoms with van der Waals surface area (Å²) in [5.74, 6) is 2.37. The van der Waals surface area contributed by atoms with Crippen molar-refractivity contribution in [2.75, 3.05) is 5.32 Å². The van der Waals surface area contributed by atoms with Gasteiger partial charge in [-0.1, -0.05) is 28.1 Å². The summed E-state index contributed by atoms with van der Waals surface area (Å²) < 4.78 is 1.93. The Labute approximate surface area is 135 Å². The summed E-state index contributed by atoms with van der Waals surface area (Å²) in [4.78, 5) is 9.07. The molecular weight excluding hydrogens is 382 g/mol. The first kappa shape index (κ1) is 14.0. The van der Waals surface area contributed by atoms with E-state index in [1.165, 1.54) is 18.4 Å². The Morgan fingerprint density at radius 1 is 1.20 bits per heavy atom. The molecule has 104 valence electrons.